The van der Waals surface area contributed by atoms with Crippen molar-refractivity contribution in [1.29, 1.82) is 0 Å². The number of aromatic nitrogens is 1. The second-order valence-corrected chi connectivity index (χ2v) is 7.28. The molecule has 4 aromatic rings. The summed E-state index contributed by atoms with van der Waals surface area (Å²) in [5, 5.41) is 2.75. The number of anilines is 1. The highest BCUT2D eigenvalue weighted by Gasteiger charge is 2.14. The van der Waals surface area contributed by atoms with E-state index in [0.717, 1.165) is 28.3 Å². The topological polar surface area (TPSA) is 60.5 Å². The minimum absolute atomic E-state index is 0.00312. The fraction of sp³-hybridized carbons (Fsp3) is 0.0769. The number of nitrogens with one attached hydrogen (secondary N) is 1. The molecular formula is C26H19FN2O3. The van der Waals surface area contributed by atoms with Gasteiger partial charge in [-0.05, 0) is 54.6 Å². The van der Waals surface area contributed by atoms with Gasteiger partial charge in [0.15, 0.2) is 11.5 Å². The molecule has 1 N–H and O–H groups in total. The number of pyridine rings is 1. The van der Waals surface area contributed by atoms with Crippen LogP contribution >= 0.6 is 0 Å². The molecule has 1 aromatic heterocycles. The SMILES string of the molecule is O=C(Nc1cccc(-c2cccc(-c3ccc4c(c3)OCCO4)n2)c1)c1ccccc1F. The molecule has 5 nitrogen and oxygen atoms in total. The predicted octanol–water partition coefficient (Wildman–Crippen LogP) is 5.58. The summed E-state index contributed by atoms with van der Waals surface area (Å²) in [6, 6.07) is 24.7. The first-order valence-corrected chi connectivity index (χ1v) is 10.2. The smallest absolute Gasteiger partial charge is 0.258 e. The predicted molar refractivity (Wildman–Crippen MR) is 120 cm³/mol. The maximum atomic E-state index is 13.9. The lowest BCUT2D eigenvalue weighted by molar-refractivity contribution is 0.102. The van der Waals surface area contributed by atoms with Gasteiger partial charge < -0.3 is 14.8 Å². The third-order valence-electron chi connectivity index (χ3n) is 5.12. The number of fused-ring (bicyclic) bond motifs is 1. The van der Waals surface area contributed by atoms with Crippen LogP contribution in [-0.4, -0.2) is 24.1 Å². The molecule has 32 heavy (non-hydrogen) atoms. The van der Waals surface area contributed by atoms with Crippen molar-refractivity contribution in [2.75, 3.05) is 18.5 Å². The lowest BCUT2D eigenvalue weighted by Crippen LogP contribution is -2.15. The van der Waals surface area contributed by atoms with Crippen LogP contribution in [0.4, 0.5) is 10.1 Å². The number of carbonyl (C=O) groups is 1. The summed E-state index contributed by atoms with van der Waals surface area (Å²) in [4.78, 5) is 17.2. The normalized spacial score (nSPS) is 12.3. The highest BCUT2D eigenvalue weighted by molar-refractivity contribution is 6.04. The maximum Gasteiger partial charge on any atom is 0.258 e. The molecule has 0 fully saturated rings. The largest absolute Gasteiger partial charge is 0.486 e. The van der Waals surface area contributed by atoms with Crippen molar-refractivity contribution in [2.24, 2.45) is 0 Å². The molecule has 0 bridgehead atoms. The second-order valence-electron chi connectivity index (χ2n) is 7.28. The number of ether oxygens (including phenoxy) is 2. The van der Waals surface area contributed by atoms with Crippen LogP contribution in [-0.2, 0) is 0 Å². The van der Waals surface area contributed by atoms with Gasteiger partial charge in [0, 0.05) is 16.8 Å². The Labute approximate surface area is 184 Å². The molecule has 0 saturated heterocycles. The molecule has 0 saturated carbocycles. The quantitative estimate of drug-likeness (QED) is 0.463. The Bertz CT molecular complexity index is 1310. The molecule has 3 aromatic carbocycles. The minimum Gasteiger partial charge on any atom is -0.486 e. The molecule has 0 spiro atoms. The number of carbonyl (C=O) groups excluding carboxylic acids is 1. The summed E-state index contributed by atoms with van der Waals surface area (Å²) in [6.07, 6.45) is 0. The Kier molecular flexibility index (Phi) is 5.25. The first kappa shape index (κ1) is 19.8. The van der Waals surface area contributed by atoms with Gasteiger partial charge >= 0.3 is 0 Å². The molecule has 2 heterocycles. The third-order valence-corrected chi connectivity index (χ3v) is 5.12. The van der Waals surface area contributed by atoms with E-state index < -0.39 is 11.7 Å². The molecule has 6 heteroatoms. The summed E-state index contributed by atoms with van der Waals surface area (Å²) in [6.45, 7) is 1.07. The monoisotopic (exact) mass is 426 g/mol. The second kappa shape index (κ2) is 8.51. The Morgan fingerprint density at radius 1 is 0.781 bits per heavy atom. The summed E-state index contributed by atoms with van der Waals surface area (Å²) < 4.78 is 25.2. The Morgan fingerprint density at radius 3 is 2.31 bits per heavy atom. The Balaban J connectivity index is 1.41. The summed E-state index contributed by atoms with van der Waals surface area (Å²) in [5.41, 5.74) is 3.84. The average Bonchev–Trinajstić information content (AvgIpc) is 2.84. The van der Waals surface area contributed by atoms with E-state index in [4.69, 9.17) is 14.5 Å². The van der Waals surface area contributed by atoms with Gasteiger partial charge in [-0.3, -0.25) is 4.79 Å². The van der Waals surface area contributed by atoms with E-state index in [1.165, 1.54) is 12.1 Å². The fourth-order valence-corrected chi connectivity index (χ4v) is 3.56. The van der Waals surface area contributed by atoms with Gasteiger partial charge in [-0.1, -0.05) is 30.3 Å². The Hall–Kier alpha value is -4.19. The van der Waals surface area contributed by atoms with Gasteiger partial charge in [0.2, 0.25) is 0 Å². The highest BCUT2D eigenvalue weighted by atomic mass is 19.1. The van der Waals surface area contributed by atoms with E-state index in [-0.39, 0.29) is 5.56 Å². The van der Waals surface area contributed by atoms with Crippen molar-refractivity contribution in [3.8, 4) is 34.0 Å². The lowest BCUT2D eigenvalue weighted by atomic mass is 10.1. The van der Waals surface area contributed by atoms with Crippen LogP contribution in [0.25, 0.3) is 22.5 Å². The average molecular weight is 426 g/mol. The molecule has 0 aliphatic carbocycles. The van der Waals surface area contributed by atoms with Crippen molar-refractivity contribution in [1.82, 2.24) is 4.98 Å². The first-order chi connectivity index (χ1) is 15.7. The standard InChI is InChI=1S/C26H19FN2O3/c27-21-8-2-1-7-20(21)26(30)28-19-6-3-5-17(15-19)22-9-4-10-23(29-22)18-11-12-24-25(16-18)32-14-13-31-24/h1-12,15-16H,13-14H2,(H,28,30). The van der Waals surface area contributed by atoms with Crippen molar-refractivity contribution < 1.29 is 18.7 Å². The van der Waals surface area contributed by atoms with E-state index in [2.05, 4.69) is 5.32 Å². The van der Waals surface area contributed by atoms with E-state index in [9.17, 15) is 9.18 Å². The molecule has 0 radical (unpaired) electrons. The number of hydrogen-bond donors (Lipinski definition) is 1. The van der Waals surface area contributed by atoms with Gasteiger partial charge in [-0.25, -0.2) is 9.37 Å². The van der Waals surface area contributed by atoms with Crippen LogP contribution in [0.15, 0.2) is 84.9 Å². The van der Waals surface area contributed by atoms with Crippen molar-refractivity contribution in [3.05, 3.63) is 96.3 Å². The van der Waals surface area contributed by atoms with E-state index in [0.29, 0.717) is 24.7 Å². The molecule has 158 valence electrons. The zero-order valence-corrected chi connectivity index (χ0v) is 17.0. The zero-order chi connectivity index (χ0) is 21.9. The molecule has 1 aliphatic rings. The van der Waals surface area contributed by atoms with Crippen molar-refractivity contribution >= 4 is 11.6 Å². The van der Waals surface area contributed by atoms with E-state index in [1.54, 1.807) is 18.2 Å². The number of hydrogen-bond acceptors (Lipinski definition) is 4. The molecule has 5 rings (SSSR count). The number of amides is 1. The van der Waals surface area contributed by atoms with E-state index in [1.807, 2.05) is 54.6 Å². The van der Waals surface area contributed by atoms with Gasteiger partial charge in [-0.2, -0.15) is 0 Å². The van der Waals surface area contributed by atoms with Gasteiger partial charge in [0.25, 0.3) is 5.91 Å². The van der Waals surface area contributed by atoms with Crippen molar-refractivity contribution in [3.63, 3.8) is 0 Å². The van der Waals surface area contributed by atoms with Crippen LogP contribution in [0.2, 0.25) is 0 Å². The number of halogens is 1. The maximum absolute atomic E-state index is 13.9. The van der Waals surface area contributed by atoms with Crippen molar-refractivity contribution in [2.45, 2.75) is 0 Å². The van der Waals surface area contributed by atoms with Crippen LogP contribution in [0.1, 0.15) is 10.4 Å². The summed E-state index contributed by atoms with van der Waals surface area (Å²) in [5.74, 6) is 0.376. The van der Waals surface area contributed by atoms with Gasteiger partial charge in [-0.15, -0.1) is 0 Å². The number of rotatable bonds is 4. The zero-order valence-electron chi connectivity index (χ0n) is 17.0. The van der Waals surface area contributed by atoms with Gasteiger partial charge in [0.05, 0.1) is 17.0 Å². The fourth-order valence-electron chi connectivity index (χ4n) is 3.56. The number of benzene rings is 3. The molecule has 0 atom stereocenters. The molecule has 0 unspecified atom stereocenters. The molecule has 1 aliphatic heterocycles. The van der Waals surface area contributed by atoms with Gasteiger partial charge in [0.1, 0.15) is 19.0 Å². The van der Waals surface area contributed by atoms with Crippen LogP contribution < -0.4 is 14.8 Å². The lowest BCUT2D eigenvalue weighted by Gasteiger charge is -2.18. The minimum atomic E-state index is -0.560. The third kappa shape index (κ3) is 4.03. The Morgan fingerprint density at radius 2 is 1.50 bits per heavy atom. The summed E-state index contributed by atoms with van der Waals surface area (Å²) in [7, 11) is 0. The number of nitrogens with zero attached hydrogens (tertiary/aromatic N) is 1. The van der Waals surface area contributed by atoms with Crippen LogP contribution in [0.5, 0.6) is 11.5 Å². The summed E-state index contributed by atoms with van der Waals surface area (Å²) >= 11 is 0. The van der Waals surface area contributed by atoms with E-state index >= 15 is 0 Å². The first-order valence-electron chi connectivity index (χ1n) is 10.2. The highest BCUT2D eigenvalue weighted by Crippen LogP contribution is 2.34. The van der Waals surface area contributed by atoms with Crippen LogP contribution in [0, 0.1) is 5.82 Å². The van der Waals surface area contributed by atoms with Crippen LogP contribution in [0.3, 0.4) is 0 Å². The molecular weight excluding hydrogens is 407 g/mol. The molecule has 1 amide bonds.